The normalized spacial score (nSPS) is 12.6. The highest BCUT2D eigenvalue weighted by Crippen LogP contribution is 2.26. The zero-order valence-corrected chi connectivity index (χ0v) is 23.3. The van der Waals surface area contributed by atoms with E-state index >= 15 is 0 Å². The van der Waals surface area contributed by atoms with Crippen LogP contribution in [0, 0.1) is 5.82 Å². The third-order valence-electron chi connectivity index (χ3n) is 6.10. The summed E-state index contributed by atoms with van der Waals surface area (Å²) in [5, 5.41) is 3.89. The van der Waals surface area contributed by atoms with Crippen LogP contribution >= 0.6 is 35.0 Å². The van der Waals surface area contributed by atoms with E-state index in [0.717, 1.165) is 17.5 Å². The van der Waals surface area contributed by atoms with Crippen LogP contribution in [0.1, 0.15) is 37.0 Å². The quantitative estimate of drug-likeness (QED) is 0.261. The largest absolute Gasteiger partial charge is 0.352 e. The molecule has 0 aliphatic heterocycles. The van der Waals surface area contributed by atoms with Crippen molar-refractivity contribution in [1.82, 2.24) is 10.2 Å². The standard InChI is InChI=1S/C29H31Cl2FN2O2S/c1-3-20(2)33-29(36)27(16-21-10-5-4-6-11-21)34(17-22-12-7-8-13-24(22)30)28(35)19-37-18-23-25(31)14-9-15-26(23)32/h4-15,20,27H,3,16-19H2,1-2H3,(H,33,36)/t20-,27-/m1/s1. The fraction of sp³-hybridized carbons (Fsp3) is 0.310. The summed E-state index contributed by atoms with van der Waals surface area (Å²) < 4.78 is 14.2. The lowest BCUT2D eigenvalue weighted by Crippen LogP contribution is -2.52. The maximum atomic E-state index is 14.2. The molecule has 0 saturated carbocycles. The van der Waals surface area contributed by atoms with Crippen LogP contribution in [0.2, 0.25) is 10.0 Å². The van der Waals surface area contributed by atoms with Gasteiger partial charge in [-0.1, -0.05) is 84.7 Å². The van der Waals surface area contributed by atoms with Gasteiger partial charge >= 0.3 is 0 Å². The van der Waals surface area contributed by atoms with E-state index in [-0.39, 0.29) is 35.9 Å². The molecule has 196 valence electrons. The molecule has 1 N–H and O–H groups in total. The van der Waals surface area contributed by atoms with Crippen molar-refractivity contribution in [2.24, 2.45) is 0 Å². The van der Waals surface area contributed by atoms with Gasteiger partial charge in [0, 0.05) is 40.4 Å². The Morgan fingerprint density at radius 3 is 2.32 bits per heavy atom. The summed E-state index contributed by atoms with van der Waals surface area (Å²) in [6.45, 7) is 4.10. The first-order valence-electron chi connectivity index (χ1n) is 12.2. The number of hydrogen-bond donors (Lipinski definition) is 1. The highest BCUT2D eigenvalue weighted by atomic mass is 35.5. The predicted molar refractivity (Wildman–Crippen MR) is 151 cm³/mol. The van der Waals surface area contributed by atoms with Crippen molar-refractivity contribution in [2.75, 3.05) is 5.75 Å². The molecule has 0 unspecified atom stereocenters. The number of hydrogen-bond acceptors (Lipinski definition) is 3. The Morgan fingerprint density at radius 2 is 1.65 bits per heavy atom. The van der Waals surface area contributed by atoms with Gasteiger partial charge < -0.3 is 10.2 Å². The fourth-order valence-corrected chi connectivity index (χ4v) is 5.24. The number of rotatable bonds is 12. The minimum atomic E-state index is -0.752. The third kappa shape index (κ3) is 8.49. The van der Waals surface area contributed by atoms with E-state index in [1.165, 1.54) is 17.8 Å². The molecule has 2 amide bonds. The molecule has 37 heavy (non-hydrogen) atoms. The Kier molecular flexibility index (Phi) is 11.3. The average molecular weight is 562 g/mol. The van der Waals surface area contributed by atoms with Gasteiger partial charge in [0.25, 0.3) is 0 Å². The van der Waals surface area contributed by atoms with Crippen molar-refractivity contribution in [1.29, 1.82) is 0 Å². The van der Waals surface area contributed by atoms with Crippen molar-refractivity contribution in [3.05, 3.63) is 105 Å². The first-order valence-corrected chi connectivity index (χ1v) is 14.1. The Hall–Kier alpha value is -2.54. The first-order chi connectivity index (χ1) is 17.8. The van der Waals surface area contributed by atoms with Crippen molar-refractivity contribution in [3.8, 4) is 0 Å². The van der Waals surface area contributed by atoms with E-state index < -0.39 is 11.9 Å². The second-order valence-electron chi connectivity index (χ2n) is 8.83. The lowest BCUT2D eigenvalue weighted by atomic mass is 10.0. The SMILES string of the molecule is CC[C@@H](C)NC(=O)[C@@H](Cc1ccccc1)N(Cc1ccccc1Cl)C(=O)CSCc1c(F)cccc1Cl. The van der Waals surface area contributed by atoms with Crippen molar-refractivity contribution in [3.63, 3.8) is 0 Å². The van der Waals surface area contributed by atoms with Gasteiger partial charge in [-0.05, 0) is 42.7 Å². The summed E-state index contributed by atoms with van der Waals surface area (Å²) in [5.74, 6) is -0.579. The van der Waals surface area contributed by atoms with Crippen LogP contribution in [0.4, 0.5) is 4.39 Å². The van der Waals surface area contributed by atoms with Crippen molar-refractivity contribution >= 4 is 46.8 Å². The number of benzene rings is 3. The van der Waals surface area contributed by atoms with Crippen LogP contribution < -0.4 is 5.32 Å². The fourth-order valence-electron chi connectivity index (χ4n) is 3.80. The number of nitrogens with one attached hydrogen (secondary N) is 1. The molecule has 0 aromatic heterocycles. The van der Waals surface area contributed by atoms with Crippen LogP contribution in [0.15, 0.2) is 72.8 Å². The maximum Gasteiger partial charge on any atom is 0.243 e. The molecule has 0 aliphatic carbocycles. The number of nitrogens with zero attached hydrogens (tertiary/aromatic N) is 1. The van der Waals surface area contributed by atoms with E-state index in [4.69, 9.17) is 23.2 Å². The second-order valence-corrected chi connectivity index (χ2v) is 10.6. The molecule has 8 heteroatoms. The van der Waals surface area contributed by atoms with Crippen molar-refractivity contribution < 1.29 is 14.0 Å². The molecule has 0 radical (unpaired) electrons. The number of carbonyl (C=O) groups is 2. The third-order valence-corrected chi connectivity index (χ3v) is 7.77. The zero-order valence-electron chi connectivity index (χ0n) is 20.9. The van der Waals surface area contributed by atoms with Gasteiger partial charge in [0.1, 0.15) is 11.9 Å². The molecular formula is C29H31Cl2FN2O2S. The van der Waals surface area contributed by atoms with Crippen LogP contribution in [-0.4, -0.2) is 34.6 Å². The Bertz CT molecular complexity index is 1180. The van der Waals surface area contributed by atoms with Crippen LogP contribution in [0.5, 0.6) is 0 Å². The summed E-state index contributed by atoms with van der Waals surface area (Å²) in [4.78, 5) is 28.8. The van der Waals surface area contributed by atoms with Gasteiger partial charge in [0.15, 0.2) is 0 Å². The highest BCUT2D eigenvalue weighted by Gasteiger charge is 2.31. The van der Waals surface area contributed by atoms with Gasteiger partial charge in [-0.2, -0.15) is 0 Å². The summed E-state index contributed by atoms with van der Waals surface area (Å²) in [5.41, 5.74) is 2.04. The average Bonchev–Trinajstić information content (AvgIpc) is 2.89. The van der Waals surface area contributed by atoms with Gasteiger partial charge in [0.2, 0.25) is 11.8 Å². The van der Waals surface area contributed by atoms with Gasteiger partial charge in [0.05, 0.1) is 5.75 Å². The van der Waals surface area contributed by atoms with Crippen LogP contribution in [-0.2, 0) is 28.3 Å². The van der Waals surface area contributed by atoms with E-state index in [2.05, 4.69) is 5.32 Å². The molecule has 4 nitrogen and oxygen atoms in total. The van der Waals surface area contributed by atoms with E-state index in [1.54, 1.807) is 23.1 Å². The minimum absolute atomic E-state index is 0.0411. The summed E-state index contributed by atoms with van der Waals surface area (Å²) in [6.07, 6.45) is 1.12. The van der Waals surface area contributed by atoms with Crippen LogP contribution in [0.25, 0.3) is 0 Å². The lowest BCUT2D eigenvalue weighted by molar-refractivity contribution is -0.139. The molecule has 0 aliphatic rings. The Balaban J connectivity index is 1.89. The minimum Gasteiger partial charge on any atom is -0.352 e. The van der Waals surface area contributed by atoms with Gasteiger partial charge in [-0.3, -0.25) is 9.59 Å². The summed E-state index contributed by atoms with van der Waals surface area (Å²) in [6, 6.07) is 20.6. The first kappa shape index (κ1) is 29.0. The second kappa shape index (κ2) is 14.4. The number of thioether (sulfide) groups is 1. The molecule has 0 saturated heterocycles. The molecule has 0 spiro atoms. The molecule has 3 aromatic carbocycles. The van der Waals surface area contributed by atoms with Crippen molar-refractivity contribution in [2.45, 2.75) is 51.1 Å². The molecule has 0 fully saturated rings. The topological polar surface area (TPSA) is 49.4 Å². The lowest BCUT2D eigenvalue weighted by Gasteiger charge is -2.32. The molecule has 0 heterocycles. The van der Waals surface area contributed by atoms with Crippen LogP contribution in [0.3, 0.4) is 0 Å². The van der Waals surface area contributed by atoms with E-state index in [9.17, 15) is 14.0 Å². The zero-order chi connectivity index (χ0) is 26.8. The molecule has 2 atom stereocenters. The molecule has 0 bridgehead atoms. The predicted octanol–water partition coefficient (Wildman–Crippen LogP) is 6.92. The van der Waals surface area contributed by atoms with E-state index in [0.29, 0.717) is 22.0 Å². The summed E-state index contributed by atoms with van der Waals surface area (Å²) >= 11 is 13.9. The number of amides is 2. The number of halogens is 3. The smallest absolute Gasteiger partial charge is 0.243 e. The molecule has 3 rings (SSSR count). The molecular weight excluding hydrogens is 530 g/mol. The monoisotopic (exact) mass is 560 g/mol. The molecule has 3 aromatic rings. The maximum absolute atomic E-state index is 14.2. The highest BCUT2D eigenvalue weighted by molar-refractivity contribution is 7.99. The van der Waals surface area contributed by atoms with Gasteiger partial charge in [-0.15, -0.1) is 11.8 Å². The van der Waals surface area contributed by atoms with Gasteiger partial charge in [-0.25, -0.2) is 4.39 Å². The Morgan fingerprint density at radius 1 is 0.973 bits per heavy atom. The number of carbonyl (C=O) groups excluding carboxylic acids is 2. The van der Waals surface area contributed by atoms with E-state index in [1.807, 2.05) is 62.4 Å². The Labute approximate surface area is 232 Å². The summed E-state index contributed by atoms with van der Waals surface area (Å²) in [7, 11) is 0.